The monoisotopic (exact) mass is 275 g/mol. The van der Waals surface area contributed by atoms with E-state index in [1.54, 1.807) is 24.3 Å². The van der Waals surface area contributed by atoms with Gasteiger partial charge in [0.1, 0.15) is 6.67 Å². The number of hydrogen-bond donors (Lipinski definition) is 0. The Morgan fingerprint density at radius 1 is 1.47 bits per heavy atom. The lowest BCUT2D eigenvalue weighted by Crippen LogP contribution is -2.61. The number of para-hydroxylation sites is 1. The molecule has 1 aliphatic heterocycles. The van der Waals surface area contributed by atoms with E-state index in [0.29, 0.717) is 11.3 Å². The lowest BCUT2D eigenvalue weighted by Gasteiger charge is -2.40. The topological polar surface area (TPSA) is 20.3 Å². The van der Waals surface area contributed by atoms with Crippen molar-refractivity contribution in [3.05, 3.63) is 29.8 Å². The number of carbonyl (C=O) groups is 1. The molecule has 0 bridgehead atoms. The quantitative estimate of drug-likeness (QED) is 0.600. The smallest absolute Gasteiger partial charge is 0.277 e. The standard InChI is InChI=1S/C10H8BrF2NO/c11-10(13)6-14(9(10)15)8-4-2-1-3-7(8)5-12/h1-4H,5-6H2. The highest BCUT2D eigenvalue weighted by molar-refractivity contribution is 9.10. The van der Waals surface area contributed by atoms with Crippen molar-refractivity contribution in [1.29, 1.82) is 0 Å². The summed E-state index contributed by atoms with van der Waals surface area (Å²) in [5.41, 5.74) is 0.839. The van der Waals surface area contributed by atoms with E-state index in [9.17, 15) is 13.6 Å². The van der Waals surface area contributed by atoms with E-state index in [4.69, 9.17) is 0 Å². The van der Waals surface area contributed by atoms with Gasteiger partial charge in [0.25, 0.3) is 10.5 Å². The van der Waals surface area contributed by atoms with Crippen LogP contribution in [0.15, 0.2) is 24.3 Å². The fourth-order valence-corrected chi connectivity index (χ4v) is 1.99. The second kappa shape index (κ2) is 3.56. The first kappa shape index (κ1) is 10.5. The van der Waals surface area contributed by atoms with Crippen LogP contribution in [0.1, 0.15) is 5.56 Å². The van der Waals surface area contributed by atoms with Gasteiger partial charge < -0.3 is 4.90 Å². The van der Waals surface area contributed by atoms with Crippen molar-refractivity contribution in [3.8, 4) is 0 Å². The van der Waals surface area contributed by atoms with E-state index >= 15 is 0 Å². The van der Waals surface area contributed by atoms with Crippen LogP contribution in [0.3, 0.4) is 0 Å². The maximum Gasteiger partial charge on any atom is 0.277 e. The van der Waals surface area contributed by atoms with Crippen molar-refractivity contribution >= 4 is 27.5 Å². The number of carbonyl (C=O) groups excluding carboxylic acids is 1. The van der Waals surface area contributed by atoms with Gasteiger partial charge >= 0.3 is 0 Å². The Morgan fingerprint density at radius 2 is 2.13 bits per heavy atom. The average molecular weight is 276 g/mol. The molecule has 0 saturated carbocycles. The number of benzene rings is 1. The number of halogens is 3. The van der Waals surface area contributed by atoms with Gasteiger partial charge in [-0.3, -0.25) is 4.79 Å². The number of β-lactam (4-membered cyclic amide) rings is 1. The van der Waals surface area contributed by atoms with Gasteiger partial charge in [-0.25, -0.2) is 8.78 Å². The second-order valence-corrected chi connectivity index (χ2v) is 4.62. The molecular formula is C10H8BrF2NO. The van der Waals surface area contributed by atoms with Crippen LogP contribution in [-0.2, 0) is 11.5 Å². The molecular weight excluding hydrogens is 268 g/mol. The zero-order valence-electron chi connectivity index (χ0n) is 7.71. The van der Waals surface area contributed by atoms with Gasteiger partial charge in [0, 0.05) is 11.3 Å². The summed E-state index contributed by atoms with van der Waals surface area (Å²) >= 11 is 2.66. The molecule has 1 saturated heterocycles. The van der Waals surface area contributed by atoms with Crippen LogP contribution in [0.25, 0.3) is 0 Å². The molecule has 5 heteroatoms. The lowest BCUT2D eigenvalue weighted by molar-refractivity contribution is -0.130. The van der Waals surface area contributed by atoms with Crippen LogP contribution in [0.4, 0.5) is 14.5 Å². The second-order valence-electron chi connectivity index (χ2n) is 3.36. The summed E-state index contributed by atoms with van der Waals surface area (Å²) in [7, 11) is 0. The summed E-state index contributed by atoms with van der Waals surface area (Å²) in [5.74, 6) is -0.677. The molecule has 0 spiro atoms. The van der Waals surface area contributed by atoms with Crippen LogP contribution in [0.5, 0.6) is 0 Å². The molecule has 15 heavy (non-hydrogen) atoms. The Hall–Kier alpha value is -0.970. The van der Waals surface area contributed by atoms with Crippen LogP contribution in [-0.4, -0.2) is 17.0 Å². The Labute approximate surface area is 94.0 Å². The molecule has 0 N–H and O–H groups in total. The minimum absolute atomic E-state index is 0.0805. The number of anilines is 1. The van der Waals surface area contributed by atoms with Gasteiger partial charge in [0.15, 0.2) is 0 Å². The molecule has 80 valence electrons. The summed E-state index contributed by atoms with van der Waals surface area (Å²) in [6.07, 6.45) is 0. The molecule has 1 aliphatic rings. The fraction of sp³-hybridized carbons (Fsp3) is 0.300. The van der Waals surface area contributed by atoms with E-state index < -0.39 is 17.2 Å². The van der Waals surface area contributed by atoms with Gasteiger partial charge in [-0.15, -0.1) is 0 Å². The number of amides is 1. The molecule has 1 atom stereocenters. The molecule has 2 nitrogen and oxygen atoms in total. The molecule has 1 aromatic rings. The van der Waals surface area contributed by atoms with Crippen molar-refractivity contribution < 1.29 is 13.6 Å². The molecule has 0 radical (unpaired) electrons. The van der Waals surface area contributed by atoms with Crippen molar-refractivity contribution in [1.82, 2.24) is 0 Å². The maximum atomic E-state index is 13.2. The van der Waals surface area contributed by atoms with Crippen LogP contribution >= 0.6 is 15.9 Å². The highest BCUT2D eigenvalue weighted by Crippen LogP contribution is 2.38. The molecule has 1 unspecified atom stereocenters. The van der Waals surface area contributed by atoms with Crippen molar-refractivity contribution in [2.45, 2.75) is 11.3 Å². The maximum absolute atomic E-state index is 13.2. The van der Waals surface area contributed by atoms with Gasteiger partial charge in [-0.1, -0.05) is 18.2 Å². The van der Waals surface area contributed by atoms with Crippen LogP contribution < -0.4 is 4.90 Å². The first-order valence-electron chi connectivity index (χ1n) is 4.40. The van der Waals surface area contributed by atoms with Crippen LogP contribution in [0.2, 0.25) is 0 Å². The first-order chi connectivity index (χ1) is 7.06. The number of alkyl halides is 3. The normalized spacial score (nSPS) is 25.3. The summed E-state index contributed by atoms with van der Waals surface area (Å²) < 4.78 is 23.8. The Bertz CT molecular complexity index is 408. The van der Waals surface area contributed by atoms with E-state index in [1.807, 2.05) is 0 Å². The van der Waals surface area contributed by atoms with Crippen molar-refractivity contribution in [2.75, 3.05) is 11.4 Å². The van der Waals surface area contributed by atoms with Crippen LogP contribution in [0, 0.1) is 0 Å². The molecule has 1 aromatic carbocycles. The summed E-state index contributed by atoms with van der Waals surface area (Å²) in [4.78, 5) is 12.6. The summed E-state index contributed by atoms with van der Waals surface area (Å²) in [5, 5.41) is 0. The number of nitrogens with zero attached hydrogens (tertiary/aromatic N) is 1. The minimum Gasteiger partial charge on any atom is -0.304 e. The molecule has 1 amide bonds. The highest BCUT2D eigenvalue weighted by atomic mass is 79.9. The summed E-state index contributed by atoms with van der Waals surface area (Å²) in [6.45, 7) is -0.746. The largest absolute Gasteiger partial charge is 0.304 e. The average Bonchev–Trinajstić information content (AvgIpc) is 2.25. The highest BCUT2D eigenvalue weighted by Gasteiger charge is 2.52. The Morgan fingerprint density at radius 3 is 2.67 bits per heavy atom. The number of rotatable bonds is 2. The predicted octanol–water partition coefficient (Wildman–Crippen LogP) is 2.56. The fourth-order valence-electron chi connectivity index (χ4n) is 1.53. The molecule has 1 fully saturated rings. The van der Waals surface area contributed by atoms with E-state index in [1.165, 1.54) is 4.90 Å². The van der Waals surface area contributed by atoms with E-state index in [-0.39, 0.29) is 6.54 Å². The molecule has 2 rings (SSSR count). The number of hydrogen-bond acceptors (Lipinski definition) is 1. The van der Waals surface area contributed by atoms with Gasteiger partial charge in [-0.2, -0.15) is 0 Å². The van der Waals surface area contributed by atoms with Crippen molar-refractivity contribution in [3.63, 3.8) is 0 Å². The van der Waals surface area contributed by atoms with Gasteiger partial charge in [-0.05, 0) is 22.0 Å². The first-order valence-corrected chi connectivity index (χ1v) is 5.19. The zero-order chi connectivity index (χ0) is 11.1. The Kier molecular flexibility index (Phi) is 2.50. The third kappa shape index (κ3) is 1.65. The molecule has 0 aromatic heterocycles. The van der Waals surface area contributed by atoms with Gasteiger partial charge in [0.05, 0.1) is 6.54 Å². The minimum atomic E-state index is -1.98. The predicted molar refractivity (Wildman–Crippen MR) is 56.4 cm³/mol. The SMILES string of the molecule is O=C1N(c2ccccc2CF)CC1(F)Br. The lowest BCUT2D eigenvalue weighted by atomic mass is 10.1. The molecule has 0 aliphatic carbocycles. The molecule has 1 heterocycles. The summed E-state index contributed by atoms with van der Waals surface area (Å²) in [6, 6.07) is 6.55. The Balaban J connectivity index is 2.29. The zero-order valence-corrected chi connectivity index (χ0v) is 9.30. The van der Waals surface area contributed by atoms with Gasteiger partial charge in [0.2, 0.25) is 0 Å². The van der Waals surface area contributed by atoms with E-state index in [0.717, 1.165) is 0 Å². The third-order valence-electron chi connectivity index (χ3n) is 2.34. The third-order valence-corrected chi connectivity index (χ3v) is 2.93. The van der Waals surface area contributed by atoms with Crippen molar-refractivity contribution in [2.24, 2.45) is 0 Å². The van der Waals surface area contributed by atoms with E-state index in [2.05, 4.69) is 15.9 Å².